The maximum atomic E-state index is 12.3. The summed E-state index contributed by atoms with van der Waals surface area (Å²) < 4.78 is 41.8. The van der Waals surface area contributed by atoms with Crippen molar-refractivity contribution in [1.29, 1.82) is 0 Å². The van der Waals surface area contributed by atoms with Crippen molar-refractivity contribution in [1.82, 2.24) is 5.32 Å². The van der Waals surface area contributed by atoms with Crippen molar-refractivity contribution in [2.45, 2.75) is 63.8 Å². The SMILES string of the molecule is CC(C)(C)OC(=O)NC1(CC(=O)C(F)(F)F)CCC1. The molecule has 0 heterocycles. The number of hydrogen-bond donors (Lipinski definition) is 1. The summed E-state index contributed by atoms with van der Waals surface area (Å²) in [6, 6.07) is 0. The third kappa shape index (κ3) is 4.72. The molecule has 1 amide bonds. The number of rotatable bonds is 3. The zero-order chi connectivity index (χ0) is 14.9. The van der Waals surface area contributed by atoms with Gasteiger partial charge in [-0.3, -0.25) is 4.79 Å². The minimum Gasteiger partial charge on any atom is -0.444 e. The lowest BCUT2D eigenvalue weighted by Gasteiger charge is -2.42. The van der Waals surface area contributed by atoms with Crippen LogP contribution in [0.1, 0.15) is 46.5 Å². The molecule has 0 spiro atoms. The summed E-state index contributed by atoms with van der Waals surface area (Å²) in [4.78, 5) is 22.6. The minimum absolute atomic E-state index is 0.355. The Morgan fingerprint density at radius 1 is 1.21 bits per heavy atom. The van der Waals surface area contributed by atoms with Gasteiger partial charge in [-0.15, -0.1) is 0 Å². The number of amides is 1. The van der Waals surface area contributed by atoms with E-state index in [4.69, 9.17) is 4.74 Å². The van der Waals surface area contributed by atoms with Crippen molar-refractivity contribution in [2.75, 3.05) is 0 Å². The van der Waals surface area contributed by atoms with Gasteiger partial charge in [0.05, 0.1) is 5.54 Å². The molecule has 0 saturated heterocycles. The second-order valence-electron chi connectivity index (χ2n) is 5.86. The molecular formula is C12H18F3NO3. The molecule has 0 aromatic rings. The summed E-state index contributed by atoms with van der Waals surface area (Å²) in [6.07, 6.45) is -4.99. The summed E-state index contributed by atoms with van der Waals surface area (Å²) in [7, 11) is 0. The van der Waals surface area contributed by atoms with E-state index in [1.54, 1.807) is 20.8 Å². The monoisotopic (exact) mass is 281 g/mol. The molecule has 4 nitrogen and oxygen atoms in total. The molecule has 1 saturated carbocycles. The van der Waals surface area contributed by atoms with E-state index in [1.807, 2.05) is 0 Å². The van der Waals surface area contributed by atoms with E-state index in [-0.39, 0.29) is 0 Å². The van der Waals surface area contributed by atoms with Crippen molar-refractivity contribution in [3.05, 3.63) is 0 Å². The summed E-state index contributed by atoms with van der Waals surface area (Å²) >= 11 is 0. The van der Waals surface area contributed by atoms with Gasteiger partial charge in [-0.1, -0.05) is 0 Å². The highest BCUT2D eigenvalue weighted by atomic mass is 19.4. The molecule has 0 aliphatic heterocycles. The van der Waals surface area contributed by atoms with Crippen molar-refractivity contribution in [2.24, 2.45) is 0 Å². The third-order valence-electron chi connectivity index (χ3n) is 2.89. The zero-order valence-electron chi connectivity index (χ0n) is 11.2. The Labute approximate surface area is 109 Å². The van der Waals surface area contributed by atoms with Crippen LogP contribution in [0.5, 0.6) is 0 Å². The van der Waals surface area contributed by atoms with Gasteiger partial charge in [-0.25, -0.2) is 4.79 Å². The van der Waals surface area contributed by atoms with Crippen molar-refractivity contribution in [3.63, 3.8) is 0 Å². The van der Waals surface area contributed by atoms with Crippen LogP contribution in [0.4, 0.5) is 18.0 Å². The third-order valence-corrected chi connectivity index (χ3v) is 2.89. The van der Waals surface area contributed by atoms with Crippen LogP contribution in [0.25, 0.3) is 0 Å². The summed E-state index contributed by atoms with van der Waals surface area (Å²) in [5.41, 5.74) is -1.84. The first-order valence-electron chi connectivity index (χ1n) is 6.05. The second-order valence-corrected chi connectivity index (χ2v) is 5.86. The topological polar surface area (TPSA) is 55.4 Å². The quantitative estimate of drug-likeness (QED) is 0.865. The van der Waals surface area contributed by atoms with Gasteiger partial charge in [0, 0.05) is 6.42 Å². The summed E-state index contributed by atoms with van der Waals surface area (Å²) in [5, 5.41) is 2.41. The number of hydrogen-bond acceptors (Lipinski definition) is 3. The Morgan fingerprint density at radius 3 is 2.05 bits per heavy atom. The molecule has 1 N–H and O–H groups in total. The van der Waals surface area contributed by atoms with Crippen molar-refractivity contribution in [3.8, 4) is 0 Å². The highest BCUT2D eigenvalue weighted by molar-refractivity contribution is 5.86. The highest BCUT2D eigenvalue weighted by Crippen LogP contribution is 2.37. The highest BCUT2D eigenvalue weighted by Gasteiger charge is 2.48. The molecule has 0 radical (unpaired) electrons. The van der Waals surface area contributed by atoms with E-state index in [1.165, 1.54) is 0 Å². The standard InChI is InChI=1S/C12H18F3NO3/c1-10(2,3)19-9(18)16-11(5-4-6-11)7-8(17)12(13,14)15/h4-7H2,1-3H3,(H,16,18). The molecule has 19 heavy (non-hydrogen) atoms. The fourth-order valence-electron chi connectivity index (χ4n) is 1.88. The number of nitrogens with one attached hydrogen (secondary N) is 1. The van der Waals surface area contributed by atoms with Crippen LogP contribution in [0.2, 0.25) is 0 Å². The molecule has 0 bridgehead atoms. The van der Waals surface area contributed by atoms with E-state index >= 15 is 0 Å². The Morgan fingerprint density at radius 2 is 1.74 bits per heavy atom. The van der Waals surface area contributed by atoms with Gasteiger partial charge in [-0.2, -0.15) is 13.2 Å². The summed E-state index contributed by atoms with van der Waals surface area (Å²) in [5.74, 6) is -1.82. The van der Waals surface area contributed by atoms with Crippen LogP contribution in [-0.4, -0.2) is 29.2 Å². The van der Waals surface area contributed by atoms with Crippen LogP contribution in [0, 0.1) is 0 Å². The number of ether oxygens (including phenoxy) is 1. The molecule has 0 atom stereocenters. The molecule has 0 unspecified atom stereocenters. The number of halogens is 3. The Bertz CT molecular complexity index is 367. The fourth-order valence-corrected chi connectivity index (χ4v) is 1.88. The van der Waals surface area contributed by atoms with Gasteiger partial charge in [0.25, 0.3) is 0 Å². The van der Waals surface area contributed by atoms with E-state index < -0.39 is 35.6 Å². The lowest BCUT2D eigenvalue weighted by atomic mass is 9.73. The number of Topliss-reactive ketones (excluding diaryl/α,β-unsaturated/α-hetero) is 1. The van der Waals surface area contributed by atoms with E-state index in [9.17, 15) is 22.8 Å². The lowest BCUT2D eigenvalue weighted by Crippen LogP contribution is -2.56. The van der Waals surface area contributed by atoms with Crippen LogP contribution in [-0.2, 0) is 9.53 Å². The molecule has 7 heteroatoms. The van der Waals surface area contributed by atoms with E-state index in [2.05, 4.69) is 5.32 Å². The first-order chi connectivity index (χ1) is 8.44. The Kier molecular flexibility index (Phi) is 4.17. The predicted octanol–water partition coefficient (Wildman–Crippen LogP) is 2.96. The average Bonchev–Trinajstić information content (AvgIpc) is 2.09. The molecule has 1 fully saturated rings. The predicted molar refractivity (Wildman–Crippen MR) is 61.6 cm³/mol. The van der Waals surface area contributed by atoms with Gasteiger partial charge in [0.1, 0.15) is 5.60 Å². The zero-order valence-corrected chi connectivity index (χ0v) is 11.2. The number of carbonyl (C=O) groups is 2. The number of alkyl halides is 3. The van der Waals surface area contributed by atoms with Gasteiger partial charge >= 0.3 is 12.3 Å². The fraction of sp³-hybridized carbons (Fsp3) is 0.833. The van der Waals surface area contributed by atoms with Crippen molar-refractivity contribution < 1.29 is 27.5 Å². The van der Waals surface area contributed by atoms with Crippen LogP contribution < -0.4 is 5.32 Å². The molecule has 1 aliphatic carbocycles. The Balaban J connectivity index is 2.62. The van der Waals surface area contributed by atoms with Crippen LogP contribution in [0.15, 0.2) is 0 Å². The first-order valence-corrected chi connectivity index (χ1v) is 6.05. The summed E-state index contributed by atoms with van der Waals surface area (Å²) in [6.45, 7) is 4.96. The van der Waals surface area contributed by atoms with Crippen LogP contribution >= 0.6 is 0 Å². The smallest absolute Gasteiger partial charge is 0.444 e. The second kappa shape index (κ2) is 5.02. The average molecular weight is 281 g/mol. The van der Waals surface area contributed by atoms with Gasteiger partial charge in [0.2, 0.25) is 5.78 Å². The van der Waals surface area contributed by atoms with Gasteiger partial charge < -0.3 is 10.1 Å². The minimum atomic E-state index is -4.86. The molecule has 1 rings (SSSR count). The molecular weight excluding hydrogens is 263 g/mol. The number of carbonyl (C=O) groups excluding carboxylic acids is 2. The number of alkyl carbamates (subject to hydrolysis) is 1. The van der Waals surface area contributed by atoms with Gasteiger partial charge in [-0.05, 0) is 40.0 Å². The van der Waals surface area contributed by atoms with Crippen molar-refractivity contribution >= 4 is 11.9 Å². The van der Waals surface area contributed by atoms with E-state index in [0.29, 0.717) is 19.3 Å². The largest absolute Gasteiger partial charge is 0.450 e. The first kappa shape index (κ1) is 15.8. The molecule has 0 aromatic heterocycles. The number of ketones is 1. The Hall–Kier alpha value is -1.27. The molecule has 0 aromatic carbocycles. The van der Waals surface area contributed by atoms with Gasteiger partial charge in [0.15, 0.2) is 0 Å². The lowest BCUT2D eigenvalue weighted by molar-refractivity contribution is -0.173. The maximum absolute atomic E-state index is 12.3. The normalized spacial score (nSPS) is 18.4. The van der Waals surface area contributed by atoms with E-state index in [0.717, 1.165) is 0 Å². The van der Waals surface area contributed by atoms with Crippen LogP contribution in [0.3, 0.4) is 0 Å². The maximum Gasteiger partial charge on any atom is 0.450 e. The molecule has 1 aliphatic rings. The molecule has 110 valence electrons.